The lowest BCUT2D eigenvalue weighted by molar-refractivity contribution is 0.305. The van der Waals surface area contributed by atoms with Crippen molar-refractivity contribution in [2.75, 3.05) is 6.61 Å². The summed E-state index contributed by atoms with van der Waals surface area (Å²) in [4.78, 5) is -0.0442. The van der Waals surface area contributed by atoms with Crippen molar-refractivity contribution in [3.63, 3.8) is 0 Å². The summed E-state index contributed by atoms with van der Waals surface area (Å²) in [5, 5.41) is 8.70. The molecule has 6 heteroatoms. The number of sulfonamides is 1. The summed E-state index contributed by atoms with van der Waals surface area (Å²) in [5.74, 6) is 4.66. The molecular weight excluding hydrogens is 293 g/mol. The predicted octanol–water partition coefficient (Wildman–Crippen LogP) is 2.03. The van der Waals surface area contributed by atoms with Gasteiger partial charge in [-0.15, -0.1) is 0 Å². The first-order valence-corrected chi connectivity index (χ1v) is 8.30. The topological polar surface area (TPSA) is 66.4 Å². The average molecular weight is 313 g/mol. The molecule has 0 aliphatic carbocycles. The van der Waals surface area contributed by atoms with Crippen LogP contribution in [-0.4, -0.2) is 26.2 Å². The van der Waals surface area contributed by atoms with E-state index in [1.165, 1.54) is 6.07 Å². The van der Waals surface area contributed by atoms with Crippen LogP contribution in [0.25, 0.3) is 0 Å². The first-order valence-electron chi connectivity index (χ1n) is 6.82. The molecule has 0 aliphatic rings. The van der Waals surface area contributed by atoms with E-state index >= 15 is 0 Å². The van der Waals surface area contributed by atoms with Crippen molar-refractivity contribution in [3.05, 3.63) is 29.6 Å². The van der Waals surface area contributed by atoms with Gasteiger partial charge in [-0.25, -0.2) is 17.5 Å². The Labute approximate surface area is 125 Å². The van der Waals surface area contributed by atoms with Gasteiger partial charge in [0.15, 0.2) is 0 Å². The molecule has 1 aromatic rings. The largest absolute Gasteiger partial charge is 0.395 e. The first-order chi connectivity index (χ1) is 9.90. The lowest BCUT2D eigenvalue weighted by Crippen LogP contribution is -2.32. The number of nitrogens with one attached hydrogen (secondary N) is 1. The van der Waals surface area contributed by atoms with Gasteiger partial charge in [0, 0.05) is 18.0 Å². The van der Waals surface area contributed by atoms with Crippen LogP contribution >= 0.6 is 0 Å². The van der Waals surface area contributed by atoms with Crippen molar-refractivity contribution in [1.29, 1.82) is 0 Å². The van der Waals surface area contributed by atoms with E-state index in [1.807, 2.05) is 6.92 Å². The molecule has 0 aliphatic heterocycles. The Morgan fingerprint density at radius 2 is 2.14 bits per heavy atom. The molecule has 21 heavy (non-hydrogen) atoms. The van der Waals surface area contributed by atoms with Gasteiger partial charge in [-0.3, -0.25) is 0 Å². The Bertz CT molecular complexity index is 632. The van der Waals surface area contributed by atoms with Crippen molar-refractivity contribution >= 4 is 10.0 Å². The van der Waals surface area contributed by atoms with Crippen molar-refractivity contribution in [2.24, 2.45) is 0 Å². The molecular formula is C15H20FNO3S. The highest BCUT2D eigenvalue weighted by Crippen LogP contribution is 2.17. The van der Waals surface area contributed by atoms with Crippen molar-refractivity contribution < 1.29 is 17.9 Å². The molecule has 2 N–H and O–H groups in total. The molecule has 1 atom stereocenters. The minimum Gasteiger partial charge on any atom is -0.395 e. The smallest absolute Gasteiger partial charge is 0.242 e. The van der Waals surface area contributed by atoms with E-state index in [0.717, 1.165) is 18.6 Å². The monoisotopic (exact) mass is 313 g/mol. The molecule has 0 amide bonds. The van der Waals surface area contributed by atoms with Gasteiger partial charge in [0.1, 0.15) is 5.82 Å². The quantitative estimate of drug-likeness (QED) is 0.790. The van der Waals surface area contributed by atoms with Crippen LogP contribution in [0.15, 0.2) is 23.1 Å². The molecule has 0 radical (unpaired) electrons. The Balaban J connectivity index is 3.14. The second-order valence-corrected chi connectivity index (χ2v) is 6.41. The SMILES string of the molecule is CCCC(C)NS(=O)(=O)c1ccc(F)cc1C#CCCO. The summed E-state index contributed by atoms with van der Waals surface area (Å²) in [5.41, 5.74) is 0.0969. The third-order valence-corrected chi connectivity index (χ3v) is 4.42. The van der Waals surface area contributed by atoms with Gasteiger partial charge in [0.25, 0.3) is 0 Å². The van der Waals surface area contributed by atoms with Crippen molar-refractivity contribution in [1.82, 2.24) is 4.72 Å². The lowest BCUT2D eigenvalue weighted by atomic mass is 10.2. The minimum absolute atomic E-state index is 0.0442. The molecule has 0 saturated carbocycles. The summed E-state index contributed by atoms with van der Waals surface area (Å²) < 4.78 is 40.5. The molecule has 1 rings (SSSR count). The van der Waals surface area contributed by atoms with Gasteiger partial charge < -0.3 is 5.11 Å². The van der Waals surface area contributed by atoms with Gasteiger partial charge in [-0.05, 0) is 31.5 Å². The molecule has 0 bridgehead atoms. The van der Waals surface area contributed by atoms with Gasteiger partial charge in [0.2, 0.25) is 10.0 Å². The highest BCUT2D eigenvalue weighted by atomic mass is 32.2. The predicted molar refractivity (Wildman–Crippen MR) is 79.7 cm³/mol. The third kappa shape index (κ3) is 5.46. The Morgan fingerprint density at radius 1 is 1.43 bits per heavy atom. The first kappa shape index (κ1) is 17.6. The number of benzene rings is 1. The minimum atomic E-state index is -3.75. The van der Waals surface area contributed by atoms with Gasteiger partial charge in [0.05, 0.1) is 11.5 Å². The maximum Gasteiger partial charge on any atom is 0.242 e. The zero-order chi connectivity index (χ0) is 15.9. The van der Waals surface area contributed by atoms with E-state index in [-0.39, 0.29) is 29.5 Å². The highest BCUT2D eigenvalue weighted by Gasteiger charge is 2.20. The fourth-order valence-electron chi connectivity index (χ4n) is 1.87. The van der Waals surface area contributed by atoms with E-state index < -0.39 is 15.8 Å². The molecule has 0 aromatic heterocycles. The summed E-state index contributed by atoms with van der Waals surface area (Å²) >= 11 is 0. The van der Waals surface area contributed by atoms with Gasteiger partial charge in [-0.1, -0.05) is 25.2 Å². The maximum atomic E-state index is 13.3. The van der Waals surface area contributed by atoms with Crippen LogP contribution in [0.1, 0.15) is 38.7 Å². The Kier molecular flexibility index (Phi) is 6.82. The lowest BCUT2D eigenvalue weighted by Gasteiger charge is -2.14. The molecule has 0 fully saturated rings. The van der Waals surface area contributed by atoms with E-state index in [0.29, 0.717) is 6.42 Å². The molecule has 0 spiro atoms. The second kappa shape index (κ2) is 8.13. The fourth-order valence-corrected chi connectivity index (χ4v) is 3.29. The van der Waals surface area contributed by atoms with Crippen LogP contribution in [-0.2, 0) is 10.0 Å². The molecule has 0 saturated heterocycles. The van der Waals surface area contributed by atoms with Crippen LogP contribution in [0.5, 0.6) is 0 Å². The van der Waals surface area contributed by atoms with Crippen LogP contribution in [0, 0.1) is 17.7 Å². The Hall–Kier alpha value is -1.42. The van der Waals surface area contributed by atoms with Crippen LogP contribution < -0.4 is 4.72 Å². The summed E-state index contributed by atoms with van der Waals surface area (Å²) in [6.07, 6.45) is 1.78. The summed E-state index contributed by atoms with van der Waals surface area (Å²) in [6, 6.07) is 3.18. The van der Waals surface area contributed by atoms with Crippen LogP contribution in [0.4, 0.5) is 4.39 Å². The number of hydrogen-bond acceptors (Lipinski definition) is 3. The summed E-state index contributed by atoms with van der Waals surface area (Å²) in [6.45, 7) is 3.62. The molecule has 4 nitrogen and oxygen atoms in total. The van der Waals surface area contributed by atoms with E-state index in [9.17, 15) is 12.8 Å². The zero-order valence-corrected chi connectivity index (χ0v) is 13.0. The molecule has 1 aromatic carbocycles. The molecule has 116 valence electrons. The fraction of sp³-hybridized carbons (Fsp3) is 0.467. The van der Waals surface area contributed by atoms with Crippen molar-refractivity contribution in [2.45, 2.75) is 44.0 Å². The van der Waals surface area contributed by atoms with E-state index in [4.69, 9.17) is 5.11 Å². The molecule has 1 unspecified atom stereocenters. The Morgan fingerprint density at radius 3 is 2.76 bits per heavy atom. The number of rotatable bonds is 6. The average Bonchev–Trinajstić information content (AvgIpc) is 2.38. The number of aliphatic hydroxyl groups is 1. The van der Waals surface area contributed by atoms with E-state index in [2.05, 4.69) is 16.6 Å². The maximum absolute atomic E-state index is 13.3. The number of halogens is 1. The van der Waals surface area contributed by atoms with Crippen LogP contribution in [0.2, 0.25) is 0 Å². The standard InChI is InChI=1S/C15H20FNO3S/c1-3-6-12(2)17-21(19,20)15-9-8-14(16)11-13(15)7-4-5-10-18/h8-9,11-12,17-18H,3,5-6,10H2,1-2H3. The third-order valence-electron chi connectivity index (χ3n) is 2.77. The normalized spacial score (nSPS) is 12.6. The highest BCUT2D eigenvalue weighted by molar-refractivity contribution is 7.89. The second-order valence-electron chi connectivity index (χ2n) is 4.73. The van der Waals surface area contributed by atoms with Crippen LogP contribution in [0.3, 0.4) is 0 Å². The van der Waals surface area contributed by atoms with Gasteiger partial charge >= 0.3 is 0 Å². The van der Waals surface area contributed by atoms with Crippen molar-refractivity contribution in [3.8, 4) is 11.8 Å². The number of hydrogen-bond donors (Lipinski definition) is 2. The summed E-state index contributed by atoms with van der Waals surface area (Å²) in [7, 11) is -3.75. The van der Waals surface area contributed by atoms with Gasteiger partial charge in [-0.2, -0.15) is 0 Å². The zero-order valence-electron chi connectivity index (χ0n) is 12.2. The molecule has 0 heterocycles. The van der Waals surface area contributed by atoms with E-state index in [1.54, 1.807) is 6.92 Å². The number of aliphatic hydroxyl groups excluding tert-OH is 1.